The predicted molar refractivity (Wildman–Crippen MR) is 89.2 cm³/mol. The second-order valence-corrected chi connectivity index (χ2v) is 7.38. The molecule has 8 heteroatoms. The van der Waals surface area contributed by atoms with Gasteiger partial charge in [-0.3, -0.25) is 4.79 Å². The first kappa shape index (κ1) is 20.9. The zero-order chi connectivity index (χ0) is 16.2. The fourth-order valence-corrected chi connectivity index (χ4v) is 2.80. The van der Waals surface area contributed by atoms with Gasteiger partial charge in [0.25, 0.3) is 0 Å². The van der Waals surface area contributed by atoms with Crippen LogP contribution in [0.4, 0.5) is 0 Å². The highest BCUT2D eigenvalue weighted by molar-refractivity contribution is 7.89. The Labute approximate surface area is 138 Å². The van der Waals surface area contributed by atoms with Crippen LogP contribution < -0.4 is 11.1 Å². The minimum atomic E-state index is -3.53. The maximum atomic E-state index is 12.2. The van der Waals surface area contributed by atoms with Crippen LogP contribution in [0.25, 0.3) is 0 Å². The molecule has 0 saturated carbocycles. The van der Waals surface area contributed by atoms with Crippen molar-refractivity contribution < 1.29 is 13.2 Å². The van der Waals surface area contributed by atoms with Crippen molar-refractivity contribution in [1.29, 1.82) is 0 Å². The molecule has 22 heavy (non-hydrogen) atoms. The Morgan fingerprint density at radius 3 is 2.32 bits per heavy atom. The van der Waals surface area contributed by atoms with Gasteiger partial charge in [0, 0.05) is 32.6 Å². The van der Waals surface area contributed by atoms with E-state index in [9.17, 15) is 13.2 Å². The summed E-state index contributed by atoms with van der Waals surface area (Å²) in [5.41, 5.74) is 6.23. The van der Waals surface area contributed by atoms with Crippen molar-refractivity contribution >= 4 is 28.3 Å². The molecule has 1 amide bonds. The largest absolute Gasteiger partial charge is 0.352 e. The molecule has 0 aliphatic rings. The van der Waals surface area contributed by atoms with Crippen molar-refractivity contribution in [3.05, 3.63) is 29.8 Å². The van der Waals surface area contributed by atoms with E-state index in [1.165, 1.54) is 20.2 Å². The normalized spacial score (nSPS) is 14.1. The third kappa shape index (κ3) is 4.95. The molecular weight excluding hydrogens is 326 g/mol. The number of nitrogens with zero attached hydrogens (tertiary/aromatic N) is 1. The van der Waals surface area contributed by atoms with Gasteiger partial charge >= 0.3 is 0 Å². The lowest BCUT2D eigenvalue weighted by Crippen LogP contribution is -2.38. The first-order valence-electron chi connectivity index (χ1n) is 6.71. The number of amides is 1. The number of rotatable bonds is 6. The molecule has 1 aromatic carbocycles. The monoisotopic (exact) mass is 349 g/mol. The number of nitrogens with two attached hydrogens (primary N) is 1. The highest BCUT2D eigenvalue weighted by Gasteiger charge is 2.22. The number of halogens is 1. The first-order chi connectivity index (χ1) is 9.67. The second kappa shape index (κ2) is 8.47. The Kier molecular flexibility index (Phi) is 8.03. The van der Waals surface area contributed by atoms with Crippen molar-refractivity contribution in [2.24, 2.45) is 11.7 Å². The second-order valence-electron chi connectivity index (χ2n) is 5.26. The molecular formula is C14H24ClN3O3S. The van der Waals surface area contributed by atoms with Crippen molar-refractivity contribution in [3.8, 4) is 0 Å². The van der Waals surface area contributed by atoms with Crippen LogP contribution in [0.3, 0.4) is 0 Å². The van der Waals surface area contributed by atoms with E-state index in [1.807, 2.05) is 0 Å². The zero-order valence-electron chi connectivity index (χ0n) is 13.2. The van der Waals surface area contributed by atoms with E-state index < -0.39 is 10.0 Å². The number of hydrogen-bond donors (Lipinski definition) is 2. The molecule has 126 valence electrons. The summed E-state index contributed by atoms with van der Waals surface area (Å²) in [6, 6.07) is 6.36. The molecule has 2 atom stereocenters. The van der Waals surface area contributed by atoms with Gasteiger partial charge in [-0.25, -0.2) is 12.7 Å². The van der Waals surface area contributed by atoms with Gasteiger partial charge in [-0.05, 0) is 18.6 Å². The molecule has 2 unspecified atom stereocenters. The molecule has 0 aromatic heterocycles. The molecule has 1 rings (SSSR count). The Balaban J connectivity index is 0.00000441. The van der Waals surface area contributed by atoms with E-state index in [2.05, 4.69) is 5.32 Å². The zero-order valence-corrected chi connectivity index (χ0v) is 14.9. The number of nitrogens with one attached hydrogen (secondary N) is 1. The average Bonchev–Trinajstić information content (AvgIpc) is 2.43. The fourth-order valence-electron chi connectivity index (χ4n) is 1.68. The van der Waals surface area contributed by atoms with Crippen LogP contribution in [0.1, 0.15) is 19.4 Å². The summed E-state index contributed by atoms with van der Waals surface area (Å²) >= 11 is 0. The molecule has 3 N–H and O–H groups in total. The summed E-state index contributed by atoms with van der Waals surface area (Å²) in [4.78, 5) is 12.1. The molecule has 0 aliphatic carbocycles. The average molecular weight is 350 g/mol. The van der Waals surface area contributed by atoms with Gasteiger partial charge in [-0.15, -0.1) is 12.4 Å². The van der Waals surface area contributed by atoms with Gasteiger partial charge in [0.1, 0.15) is 0 Å². The standard InChI is InChI=1S/C14H23N3O3S.ClH/c1-10(11(2)15)14(18)16-9-12-7-5-6-8-13(12)21(19,20)17(3)4;/h5-8,10-11H,9,15H2,1-4H3,(H,16,18);1H. The lowest BCUT2D eigenvalue weighted by atomic mass is 10.0. The fraction of sp³-hybridized carbons (Fsp3) is 0.500. The van der Waals surface area contributed by atoms with Gasteiger partial charge in [0.2, 0.25) is 15.9 Å². The van der Waals surface area contributed by atoms with Gasteiger partial charge in [-0.2, -0.15) is 0 Å². The first-order valence-corrected chi connectivity index (χ1v) is 8.15. The summed E-state index contributed by atoms with van der Waals surface area (Å²) < 4.78 is 25.6. The molecule has 0 saturated heterocycles. The Morgan fingerprint density at radius 1 is 1.27 bits per heavy atom. The highest BCUT2D eigenvalue weighted by atomic mass is 35.5. The van der Waals surface area contributed by atoms with Crippen LogP contribution in [0.15, 0.2) is 29.2 Å². The summed E-state index contributed by atoms with van der Waals surface area (Å²) in [7, 11) is -0.585. The van der Waals surface area contributed by atoms with Gasteiger partial charge in [0.05, 0.1) is 4.90 Å². The third-order valence-electron chi connectivity index (χ3n) is 3.39. The number of hydrogen-bond acceptors (Lipinski definition) is 4. The van der Waals surface area contributed by atoms with Crippen LogP contribution in [-0.4, -0.2) is 38.8 Å². The molecule has 0 spiro atoms. The predicted octanol–water partition coefficient (Wildman–Crippen LogP) is 0.958. The number of benzene rings is 1. The molecule has 0 fully saturated rings. The van der Waals surface area contributed by atoms with E-state index in [1.54, 1.807) is 32.0 Å². The summed E-state index contributed by atoms with van der Waals surface area (Å²) in [6.45, 7) is 3.65. The van der Waals surface area contributed by atoms with Crippen LogP contribution in [0, 0.1) is 5.92 Å². The maximum absolute atomic E-state index is 12.2. The lowest BCUT2D eigenvalue weighted by molar-refractivity contribution is -0.125. The number of carbonyl (C=O) groups excluding carboxylic acids is 1. The van der Waals surface area contributed by atoms with Crippen LogP contribution in [0.5, 0.6) is 0 Å². The molecule has 1 aromatic rings. The molecule has 0 aliphatic heterocycles. The van der Waals surface area contributed by atoms with E-state index in [0.717, 1.165) is 4.31 Å². The Bertz CT molecular complexity index is 603. The van der Waals surface area contributed by atoms with Crippen molar-refractivity contribution in [1.82, 2.24) is 9.62 Å². The number of carbonyl (C=O) groups is 1. The highest BCUT2D eigenvalue weighted by Crippen LogP contribution is 2.18. The van der Waals surface area contributed by atoms with Crippen molar-refractivity contribution in [3.63, 3.8) is 0 Å². The molecule has 6 nitrogen and oxygen atoms in total. The maximum Gasteiger partial charge on any atom is 0.242 e. The third-order valence-corrected chi connectivity index (χ3v) is 5.30. The Morgan fingerprint density at radius 2 is 1.82 bits per heavy atom. The minimum absolute atomic E-state index is 0. The van der Waals surface area contributed by atoms with Crippen molar-refractivity contribution in [2.45, 2.75) is 31.3 Å². The van der Waals surface area contributed by atoms with E-state index >= 15 is 0 Å². The van der Waals surface area contributed by atoms with Gasteiger partial charge in [-0.1, -0.05) is 25.1 Å². The lowest BCUT2D eigenvalue weighted by Gasteiger charge is -2.18. The SMILES string of the molecule is CC(N)C(C)C(=O)NCc1ccccc1S(=O)(=O)N(C)C.Cl. The minimum Gasteiger partial charge on any atom is -0.352 e. The summed E-state index contributed by atoms with van der Waals surface area (Å²) in [5, 5.41) is 2.73. The summed E-state index contributed by atoms with van der Waals surface area (Å²) in [6.07, 6.45) is 0. The summed E-state index contributed by atoms with van der Waals surface area (Å²) in [5.74, 6) is -0.523. The molecule has 0 heterocycles. The van der Waals surface area contributed by atoms with E-state index in [-0.39, 0.29) is 41.7 Å². The van der Waals surface area contributed by atoms with Gasteiger partial charge in [0.15, 0.2) is 0 Å². The van der Waals surface area contributed by atoms with E-state index in [0.29, 0.717) is 5.56 Å². The van der Waals surface area contributed by atoms with E-state index in [4.69, 9.17) is 5.73 Å². The van der Waals surface area contributed by atoms with Gasteiger partial charge < -0.3 is 11.1 Å². The number of sulfonamides is 1. The van der Waals surface area contributed by atoms with Crippen LogP contribution >= 0.6 is 12.4 Å². The van der Waals surface area contributed by atoms with Crippen molar-refractivity contribution in [2.75, 3.05) is 14.1 Å². The Hall–Kier alpha value is -1.15. The molecule has 0 radical (unpaired) electrons. The molecule has 0 bridgehead atoms. The topological polar surface area (TPSA) is 92.5 Å². The smallest absolute Gasteiger partial charge is 0.242 e. The van der Waals surface area contributed by atoms with Crippen LogP contribution in [0.2, 0.25) is 0 Å². The quantitative estimate of drug-likeness (QED) is 0.800. The van der Waals surface area contributed by atoms with Crippen LogP contribution in [-0.2, 0) is 21.4 Å².